The second kappa shape index (κ2) is 3.77. The molecule has 0 spiro atoms. The van der Waals surface area contributed by atoms with Crippen LogP contribution in [0.4, 0.5) is 0 Å². The molecule has 1 N–H and O–H groups in total. The molecule has 5 nitrogen and oxygen atoms in total. The molecule has 0 unspecified atom stereocenters. The fourth-order valence-electron chi connectivity index (χ4n) is 2.47. The number of rotatable bonds is 0. The van der Waals surface area contributed by atoms with E-state index in [1.54, 1.807) is 24.3 Å². The van der Waals surface area contributed by atoms with Gasteiger partial charge in [-0.3, -0.25) is 14.6 Å². The number of nitrogens with one attached hydrogen (secondary N) is 1. The van der Waals surface area contributed by atoms with Crippen molar-refractivity contribution in [2.45, 2.75) is 0 Å². The van der Waals surface area contributed by atoms with Gasteiger partial charge in [-0.1, -0.05) is 24.3 Å². The molecule has 96 valence electrons. The smallest absolute Gasteiger partial charge is 0.266 e. The normalized spacial score (nSPS) is 11.4. The van der Waals surface area contributed by atoms with E-state index in [1.807, 2.05) is 24.3 Å². The van der Waals surface area contributed by atoms with E-state index in [2.05, 4.69) is 9.97 Å². The summed E-state index contributed by atoms with van der Waals surface area (Å²) in [6, 6.07) is 14.1. The SMILES string of the molecule is O=c1[nH]c2nc3ccccc3n2c(=O)c2ccccc12. The average Bonchev–Trinajstić information content (AvgIpc) is 2.79. The Kier molecular flexibility index (Phi) is 2.06. The minimum Gasteiger partial charge on any atom is -0.291 e. The molecule has 2 heterocycles. The molecule has 0 saturated heterocycles. The molecule has 2 aromatic carbocycles. The van der Waals surface area contributed by atoms with Gasteiger partial charge in [0.1, 0.15) is 0 Å². The van der Waals surface area contributed by atoms with Crippen LogP contribution in [-0.4, -0.2) is 14.4 Å². The van der Waals surface area contributed by atoms with E-state index >= 15 is 0 Å². The summed E-state index contributed by atoms with van der Waals surface area (Å²) in [5, 5.41) is 0.749. The van der Waals surface area contributed by atoms with E-state index in [9.17, 15) is 9.59 Å². The summed E-state index contributed by atoms with van der Waals surface area (Å²) in [4.78, 5) is 31.9. The van der Waals surface area contributed by atoms with Crippen LogP contribution in [-0.2, 0) is 0 Å². The minimum atomic E-state index is -0.317. The van der Waals surface area contributed by atoms with Crippen LogP contribution in [0.5, 0.6) is 0 Å². The molecule has 0 fully saturated rings. The van der Waals surface area contributed by atoms with Crippen molar-refractivity contribution in [3.63, 3.8) is 0 Å². The molecule has 5 heteroatoms. The Morgan fingerprint density at radius 3 is 2.45 bits per heavy atom. The van der Waals surface area contributed by atoms with E-state index in [0.29, 0.717) is 21.8 Å². The predicted molar refractivity (Wildman–Crippen MR) is 77.1 cm³/mol. The van der Waals surface area contributed by atoms with Gasteiger partial charge in [-0.2, -0.15) is 0 Å². The van der Waals surface area contributed by atoms with Gasteiger partial charge in [-0.15, -0.1) is 0 Å². The molecule has 0 aliphatic rings. The van der Waals surface area contributed by atoms with Gasteiger partial charge >= 0.3 is 0 Å². The zero-order chi connectivity index (χ0) is 13.7. The van der Waals surface area contributed by atoms with Crippen LogP contribution in [0, 0.1) is 0 Å². The van der Waals surface area contributed by atoms with Gasteiger partial charge in [0.2, 0.25) is 5.78 Å². The Morgan fingerprint density at radius 2 is 1.60 bits per heavy atom. The van der Waals surface area contributed by atoms with E-state index in [0.717, 1.165) is 0 Å². The fraction of sp³-hybridized carbons (Fsp3) is 0. The van der Waals surface area contributed by atoms with Crippen molar-refractivity contribution < 1.29 is 0 Å². The van der Waals surface area contributed by atoms with Crippen LogP contribution < -0.4 is 11.1 Å². The molecule has 0 aliphatic heterocycles. The summed E-state index contributed by atoms with van der Waals surface area (Å²) >= 11 is 0. The molecule has 4 rings (SSSR count). The number of benzene rings is 2. The highest BCUT2D eigenvalue weighted by Gasteiger charge is 2.09. The van der Waals surface area contributed by atoms with Gasteiger partial charge in [0.05, 0.1) is 21.8 Å². The molecule has 20 heavy (non-hydrogen) atoms. The van der Waals surface area contributed by atoms with Gasteiger partial charge in [0.25, 0.3) is 11.1 Å². The van der Waals surface area contributed by atoms with Gasteiger partial charge in [-0.05, 0) is 24.3 Å². The molecule has 0 aliphatic carbocycles. The van der Waals surface area contributed by atoms with Crippen molar-refractivity contribution in [2.24, 2.45) is 0 Å². The number of H-pyrrole nitrogens is 1. The Morgan fingerprint density at radius 1 is 0.900 bits per heavy atom. The number of para-hydroxylation sites is 2. The molecule has 0 radical (unpaired) electrons. The first-order valence-electron chi connectivity index (χ1n) is 6.18. The summed E-state index contributed by atoms with van der Waals surface area (Å²) in [5.74, 6) is 0.261. The monoisotopic (exact) mass is 263 g/mol. The third-order valence-corrected chi connectivity index (χ3v) is 3.39. The zero-order valence-corrected chi connectivity index (χ0v) is 10.3. The summed E-state index contributed by atoms with van der Waals surface area (Å²) in [6.07, 6.45) is 0. The minimum absolute atomic E-state index is 0.248. The van der Waals surface area contributed by atoms with Gasteiger partial charge in [-0.25, -0.2) is 9.38 Å². The van der Waals surface area contributed by atoms with Crippen LogP contribution in [0.25, 0.3) is 27.6 Å². The van der Waals surface area contributed by atoms with Crippen LogP contribution in [0.3, 0.4) is 0 Å². The lowest BCUT2D eigenvalue weighted by Gasteiger charge is -1.90. The van der Waals surface area contributed by atoms with E-state index < -0.39 is 0 Å². The van der Waals surface area contributed by atoms with Crippen molar-refractivity contribution in [1.29, 1.82) is 0 Å². The van der Waals surface area contributed by atoms with E-state index in [4.69, 9.17) is 0 Å². The second-order valence-corrected chi connectivity index (χ2v) is 4.56. The van der Waals surface area contributed by atoms with Crippen LogP contribution in [0.1, 0.15) is 0 Å². The summed E-state index contributed by atoms with van der Waals surface area (Å²) in [6.45, 7) is 0. The Hall–Kier alpha value is -2.95. The molecule has 0 bridgehead atoms. The van der Waals surface area contributed by atoms with Crippen molar-refractivity contribution >= 4 is 27.6 Å². The van der Waals surface area contributed by atoms with Crippen LogP contribution in [0.15, 0.2) is 58.1 Å². The van der Waals surface area contributed by atoms with Crippen LogP contribution in [0.2, 0.25) is 0 Å². The highest BCUT2D eigenvalue weighted by atomic mass is 16.1. The molecule has 0 saturated carbocycles. The fourth-order valence-corrected chi connectivity index (χ4v) is 2.47. The third-order valence-electron chi connectivity index (χ3n) is 3.39. The lowest BCUT2D eigenvalue weighted by atomic mass is 10.2. The molecule has 0 atom stereocenters. The second-order valence-electron chi connectivity index (χ2n) is 4.56. The number of hydrogen-bond donors (Lipinski definition) is 1. The number of hydrogen-bond acceptors (Lipinski definition) is 3. The van der Waals surface area contributed by atoms with E-state index in [1.165, 1.54) is 4.40 Å². The number of fused-ring (bicyclic) bond motifs is 4. The molecule has 4 aromatic rings. The number of aromatic nitrogens is 3. The number of aromatic amines is 1. The maximum absolute atomic E-state index is 12.7. The van der Waals surface area contributed by atoms with Crippen molar-refractivity contribution in [3.8, 4) is 0 Å². The quantitative estimate of drug-likeness (QED) is 0.525. The molecular weight excluding hydrogens is 254 g/mol. The molecule has 2 aromatic heterocycles. The zero-order valence-electron chi connectivity index (χ0n) is 10.3. The van der Waals surface area contributed by atoms with Crippen molar-refractivity contribution in [1.82, 2.24) is 14.4 Å². The number of nitrogens with zero attached hydrogens (tertiary/aromatic N) is 2. The van der Waals surface area contributed by atoms with Crippen molar-refractivity contribution in [2.75, 3.05) is 0 Å². The molecular formula is C15H9N3O2. The standard InChI is InChI=1S/C15H9N3O2/c19-13-9-5-1-2-6-10(9)14(20)18-12-8-4-3-7-11(12)16-15(18)17-13/h1-8H,(H,16,17,19). The van der Waals surface area contributed by atoms with Gasteiger partial charge in [0, 0.05) is 0 Å². The highest BCUT2D eigenvalue weighted by Crippen LogP contribution is 2.13. The van der Waals surface area contributed by atoms with E-state index in [-0.39, 0.29) is 16.9 Å². The molecule has 0 amide bonds. The summed E-state index contributed by atoms with van der Waals surface area (Å²) in [5.41, 5.74) is 0.797. The van der Waals surface area contributed by atoms with Gasteiger partial charge < -0.3 is 0 Å². The maximum atomic E-state index is 12.7. The average molecular weight is 263 g/mol. The maximum Gasteiger partial charge on any atom is 0.266 e. The van der Waals surface area contributed by atoms with Crippen LogP contribution >= 0.6 is 0 Å². The predicted octanol–water partition coefficient (Wildman–Crippen LogP) is 1.69. The topological polar surface area (TPSA) is 67.2 Å². The first-order chi connectivity index (χ1) is 9.75. The lowest BCUT2D eigenvalue weighted by molar-refractivity contribution is 1.12. The lowest BCUT2D eigenvalue weighted by Crippen LogP contribution is -2.09. The Balaban J connectivity index is 2.46. The summed E-state index contributed by atoms with van der Waals surface area (Å²) < 4.78 is 1.44. The first kappa shape index (κ1) is 10.9. The van der Waals surface area contributed by atoms with Gasteiger partial charge in [0.15, 0.2) is 0 Å². The first-order valence-corrected chi connectivity index (χ1v) is 6.18. The largest absolute Gasteiger partial charge is 0.291 e. The highest BCUT2D eigenvalue weighted by molar-refractivity contribution is 5.84. The Labute approximate surface area is 112 Å². The Bertz CT molecular complexity index is 1090. The number of imidazole rings is 1. The van der Waals surface area contributed by atoms with Crippen molar-refractivity contribution in [3.05, 3.63) is 69.2 Å². The summed E-state index contributed by atoms with van der Waals surface area (Å²) in [7, 11) is 0. The third kappa shape index (κ3) is 1.34.